The number of alkyl halides is 1. The van der Waals surface area contributed by atoms with Crippen LogP contribution in [0.5, 0.6) is 0 Å². The highest BCUT2D eigenvalue weighted by molar-refractivity contribution is 9.11. The van der Waals surface area contributed by atoms with Gasteiger partial charge in [-0.15, -0.1) is 22.9 Å². The first kappa shape index (κ1) is 16.8. The lowest BCUT2D eigenvalue weighted by atomic mass is 10.2. The summed E-state index contributed by atoms with van der Waals surface area (Å²) in [7, 11) is -3.60. The Bertz CT molecular complexity index is 726. The number of hydrogen-bond donors (Lipinski definition) is 0. The van der Waals surface area contributed by atoms with Crippen molar-refractivity contribution in [2.24, 2.45) is 0 Å². The summed E-state index contributed by atoms with van der Waals surface area (Å²) < 4.78 is 27.7. The second-order valence-corrected chi connectivity index (χ2v) is 9.04. The van der Waals surface area contributed by atoms with Gasteiger partial charge in [-0.05, 0) is 48.0 Å². The van der Waals surface area contributed by atoms with Gasteiger partial charge >= 0.3 is 0 Å². The fraction of sp³-hybridized carbons (Fsp3) is 0.286. The summed E-state index contributed by atoms with van der Waals surface area (Å²) in [4.78, 5) is 1.09. The Morgan fingerprint density at radius 2 is 1.90 bits per heavy atom. The SMILES string of the molecule is CCN(c1ccc(C)cc1)S(=O)(=O)c1cc(CCl)sc1Br. The van der Waals surface area contributed by atoms with Crippen LogP contribution in [0.1, 0.15) is 17.4 Å². The number of anilines is 1. The highest BCUT2D eigenvalue weighted by Crippen LogP contribution is 2.35. The fourth-order valence-corrected chi connectivity index (χ4v) is 6.16. The van der Waals surface area contributed by atoms with E-state index in [1.54, 1.807) is 6.07 Å². The molecule has 0 aliphatic heterocycles. The molecule has 0 spiro atoms. The zero-order valence-corrected chi connectivity index (χ0v) is 15.6. The third kappa shape index (κ3) is 3.44. The lowest BCUT2D eigenvalue weighted by Crippen LogP contribution is -2.30. The van der Waals surface area contributed by atoms with Gasteiger partial charge in [0.2, 0.25) is 0 Å². The average Bonchev–Trinajstić information content (AvgIpc) is 2.83. The van der Waals surface area contributed by atoms with Crippen LogP contribution >= 0.6 is 38.9 Å². The molecule has 3 nitrogen and oxygen atoms in total. The number of halogens is 2. The number of hydrogen-bond acceptors (Lipinski definition) is 3. The predicted molar refractivity (Wildman–Crippen MR) is 93.0 cm³/mol. The maximum absolute atomic E-state index is 12.9. The standard InChI is InChI=1S/C14H15BrClNO2S2/c1-3-17(11-6-4-10(2)5-7-11)21(18,19)13-8-12(9-16)20-14(13)15/h4-8H,3,9H2,1-2H3. The Morgan fingerprint density at radius 3 is 2.38 bits per heavy atom. The number of sulfonamides is 1. The van der Waals surface area contributed by atoms with Crippen LogP contribution in [-0.2, 0) is 15.9 Å². The van der Waals surface area contributed by atoms with Crippen LogP contribution in [0.4, 0.5) is 5.69 Å². The van der Waals surface area contributed by atoms with Crippen LogP contribution in [0.3, 0.4) is 0 Å². The molecule has 114 valence electrons. The Morgan fingerprint density at radius 1 is 1.29 bits per heavy atom. The zero-order chi connectivity index (χ0) is 15.6. The first-order chi connectivity index (χ1) is 9.90. The molecule has 0 radical (unpaired) electrons. The van der Waals surface area contributed by atoms with E-state index in [1.165, 1.54) is 15.6 Å². The van der Waals surface area contributed by atoms with Crippen molar-refractivity contribution in [3.05, 3.63) is 44.6 Å². The van der Waals surface area contributed by atoms with Crippen LogP contribution in [0.25, 0.3) is 0 Å². The molecular formula is C14H15BrClNO2S2. The molecule has 1 aromatic carbocycles. The molecule has 1 aromatic heterocycles. The first-order valence-electron chi connectivity index (χ1n) is 6.33. The van der Waals surface area contributed by atoms with Gasteiger partial charge in [0.15, 0.2) is 0 Å². The van der Waals surface area contributed by atoms with Gasteiger partial charge in [0, 0.05) is 11.4 Å². The van der Waals surface area contributed by atoms with Gasteiger partial charge in [0.05, 0.1) is 15.4 Å². The summed E-state index contributed by atoms with van der Waals surface area (Å²) in [5, 5.41) is 0. The second-order valence-electron chi connectivity index (χ2n) is 4.49. The molecule has 0 aliphatic rings. The van der Waals surface area contributed by atoms with E-state index in [1.807, 2.05) is 38.1 Å². The normalized spacial score (nSPS) is 11.6. The van der Waals surface area contributed by atoms with E-state index < -0.39 is 10.0 Å². The van der Waals surface area contributed by atoms with E-state index in [-0.39, 0.29) is 4.90 Å². The van der Waals surface area contributed by atoms with Crippen molar-refractivity contribution in [3.8, 4) is 0 Å². The smallest absolute Gasteiger partial charge is 0.266 e. The van der Waals surface area contributed by atoms with Crippen LogP contribution in [0, 0.1) is 6.92 Å². The number of thiophene rings is 1. The molecule has 0 N–H and O–H groups in total. The van der Waals surface area contributed by atoms with Crippen molar-refractivity contribution in [3.63, 3.8) is 0 Å². The third-order valence-corrected chi connectivity index (χ3v) is 7.62. The molecule has 0 fully saturated rings. The molecule has 0 aliphatic carbocycles. The maximum atomic E-state index is 12.9. The minimum atomic E-state index is -3.60. The maximum Gasteiger partial charge on any atom is 0.266 e. The number of nitrogens with zero attached hydrogens (tertiary/aromatic N) is 1. The summed E-state index contributed by atoms with van der Waals surface area (Å²) in [5.41, 5.74) is 1.75. The van der Waals surface area contributed by atoms with E-state index in [4.69, 9.17) is 11.6 Å². The van der Waals surface area contributed by atoms with Gasteiger partial charge in [-0.1, -0.05) is 17.7 Å². The summed E-state index contributed by atoms with van der Waals surface area (Å²) in [5.74, 6) is 0.301. The number of benzene rings is 1. The van der Waals surface area contributed by atoms with Gasteiger partial charge in [-0.25, -0.2) is 8.42 Å². The lowest BCUT2D eigenvalue weighted by molar-refractivity contribution is 0.592. The van der Waals surface area contributed by atoms with Crippen LogP contribution in [0.2, 0.25) is 0 Å². The molecule has 0 amide bonds. The molecule has 1 heterocycles. The van der Waals surface area contributed by atoms with Gasteiger partial charge in [-0.3, -0.25) is 4.31 Å². The van der Waals surface area contributed by atoms with E-state index >= 15 is 0 Å². The Hall–Kier alpha value is -0.560. The average molecular weight is 409 g/mol. The molecule has 2 aromatic rings. The minimum Gasteiger partial charge on any atom is -0.267 e. The molecule has 2 rings (SSSR count). The van der Waals surface area contributed by atoms with Crippen LogP contribution in [-0.4, -0.2) is 15.0 Å². The van der Waals surface area contributed by atoms with Crippen molar-refractivity contribution in [2.45, 2.75) is 24.6 Å². The number of rotatable bonds is 5. The Balaban J connectivity index is 2.49. The Labute approximate surface area is 142 Å². The molecular weight excluding hydrogens is 394 g/mol. The van der Waals surface area contributed by atoms with Crippen LogP contribution < -0.4 is 4.31 Å². The summed E-state index contributed by atoms with van der Waals surface area (Å²) in [6.45, 7) is 4.15. The molecule has 0 saturated heterocycles. The van der Waals surface area contributed by atoms with Crippen LogP contribution in [0.15, 0.2) is 39.0 Å². The molecule has 0 unspecified atom stereocenters. The topological polar surface area (TPSA) is 37.4 Å². The number of aryl methyl sites for hydroxylation is 1. The fourth-order valence-electron chi connectivity index (χ4n) is 1.96. The third-order valence-electron chi connectivity index (χ3n) is 3.02. The van der Waals surface area contributed by atoms with Gasteiger partial charge in [0.1, 0.15) is 4.90 Å². The van der Waals surface area contributed by atoms with E-state index in [2.05, 4.69) is 15.9 Å². The highest BCUT2D eigenvalue weighted by atomic mass is 79.9. The molecule has 21 heavy (non-hydrogen) atoms. The van der Waals surface area contributed by atoms with E-state index in [0.717, 1.165) is 10.4 Å². The predicted octanol–water partition coefficient (Wildman–Crippen LogP) is 4.77. The van der Waals surface area contributed by atoms with Gasteiger partial charge in [-0.2, -0.15) is 0 Å². The summed E-state index contributed by atoms with van der Waals surface area (Å²) >= 11 is 10.5. The molecule has 0 bridgehead atoms. The summed E-state index contributed by atoms with van der Waals surface area (Å²) in [6, 6.07) is 9.08. The van der Waals surface area contributed by atoms with Gasteiger partial charge in [0.25, 0.3) is 10.0 Å². The Kier molecular flexibility index (Phi) is 5.35. The molecule has 0 saturated carbocycles. The zero-order valence-electron chi connectivity index (χ0n) is 11.6. The van der Waals surface area contributed by atoms with Crippen molar-refractivity contribution in [1.29, 1.82) is 0 Å². The summed E-state index contributed by atoms with van der Waals surface area (Å²) in [6.07, 6.45) is 0. The van der Waals surface area contributed by atoms with Crippen molar-refractivity contribution in [2.75, 3.05) is 10.8 Å². The monoisotopic (exact) mass is 407 g/mol. The molecule has 7 heteroatoms. The van der Waals surface area contributed by atoms with Crippen molar-refractivity contribution < 1.29 is 8.42 Å². The largest absolute Gasteiger partial charge is 0.267 e. The van der Waals surface area contributed by atoms with Crippen molar-refractivity contribution >= 4 is 54.6 Å². The lowest BCUT2D eigenvalue weighted by Gasteiger charge is -2.22. The minimum absolute atomic E-state index is 0.269. The van der Waals surface area contributed by atoms with Crippen molar-refractivity contribution in [1.82, 2.24) is 0 Å². The van der Waals surface area contributed by atoms with Gasteiger partial charge < -0.3 is 0 Å². The second kappa shape index (κ2) is 6.69. The quantitative estimate of drug-likeness (QED) is 0.668. The van der Waals surface area contributed by atoms with E-state index in [0.29, 0.717) is 21.9 Å². The molecule has 0 atom stereocenters. The first-order valence-corrected chi connectivity index (χ1v) is 9.92. The van der Waals surface area contributed by atoms with E-state index in [9.17, 15) is 8.42 Å². The highest BCUT2D eigenvalue weighted by Gasteiger charge is 2.27.